The number of nitrogens with one attached hydrogen (secondary N) is 2. The van der Waals surface area contributed by atoms with Crippen LogP contribution < -0.4 is 16.6 Å². The van der Waals surface area contributed by atoms with Gasteiger partial charge in [-0.1, -0.05) is 6.92 Å². The summed E-state index contributed by atoms with van der Waals surface area (Å²) in [4.78, 5) is 39.4. The number of phenols is 1. The second-order valence-electron chi connectivity index (χ2n) is 6.28. The number of aromatic nitrogens is 2. The number of fused-ring (bicyclic) bond motifs is 1. The Kier molecular flexibility index (Phi) is 5.29. The number of hydrogen-bond acceptors (Lipinski definition) is 6. The lowest BCUT2D eigenvalue weighted by Crippen LogP contribution is -2.34. The number of rotatable bonds is 5. The van der Waals surface area contributed by atoms with Gasteiger partial charge in [-0.2, -0.15) is 0 Å². The first-order valence-corrected chi connectivity index (χ1v) is 10.5. The molecule has 0 aliphatic rings. The number of carbonyl (C=O) groups excluding carboxylic acids is 1. The number of nitrogens with zero attached hydrogens (tertiary/aromatic N) is 1. The molecule has 0 saturated heterocycles. The summed E-state index contributed by atoms with van der Waals surface area (Å²) in [6, 6.07) is 7.78. The Bertz CT molecular complexity index is 1340. The van der Waals surface area contributed by atoms with Crippen molar-refractivity contribution in [3.05, 3.63) is 62.8 Å². The lowest BCUT2D eigenvalue weighted by atomic mass is 10.1. The van der Waals surface area contributed by atoms with Crippen molar-refractivity contribution in [2.24, 2.45) is 0 Å². The molecule has 0 fully saturated rings. The molecule has 9 nitrogen and oxygen atoms in total. The lowest BCUT2D eigenvalue weighted by molar-refractivity contribution is 0.102. The molecular formula is C19H19N3O6S. The first-order chi connectivity index (χ1) is 13.7. The van der Waals surface area contributed by atoms with Gasteiger partial charge in [0.1, 0.15) is 5.75 Å². The highest BCUT2D eigenvalue weighted by Crippen LogP contribution is 2.27. The van der Waals surface area contributed by atoms with Crippen molar-refractivity contribution in [3.63, 3.8) is 0 Å². The molecule has 0 saturated carbocycles. The molecule has 3 N–H and O–H groups in total. The molecule has 152 valence electrons. The van der Waals surface area contributed by atoms with Crippen molar-refractivity contribution in [3.8, 4) is 5.75 Å². The Morgan fingerprint density at radius 3 is 2.52 bits per heavy atom. The van der Waals surface area contributed by atoms with Crippen LogP contribution in [0.4, 0.5) is 5.69 Å². The maximum atomic E-state index is 12.6. The zero-order chi connectivity index (χ0) is 21.3. The number of phenolic OH excluding ortho intramolecular Hbond substituents is 1. The van der Waals surface area contributed by atoms with Gasteiger partial charge in [0.05, 0.1) is 27.2 Å². The van der Waals surface area contributed by atoms with Gasteiger partial charge >= 0.3 is 5.69 Å². The third-order valence-electron chi connectivity index (χ3n) is 4.52. The highest BCUT2D eigenvalue weighted by molar-refractivity contribution is 7.91. The average molecular weight is 417 g/mol. The van der Waals surface area contributed by atoms with Crippen LogP contribution in [0.1, 0.15) is 24.2 Å². The van der Waals surface area contributed by atoms with Crippen LogP contribution in [-0.4, -0.2) is 34.7 Å². The van der Waals surface area contributed by atoms with Crippen molar-refractivity contribution < 1.29 is 18.3 Å². The number of sulfone groups is 1. The van der Waals surface area contributed by atoms with E-state index in [1.54, 1.807) is 6.92 Å². The summed E-state index contributed by atoms with van der Waals surface area (Å²) in [6.45, 7) is 3.37. The van der Waals surface area contributed by atoms with Crippen molar-refractivity contribution in [1.29, 1.82) is 0 Å². The molecule has 10 heteroatoms. The molecule has 1 amide bonds. The second-order valence-corrected chi connectivity index (χ2v) is 8.55. The molecule has 2 aromatic carbocycles. The van der Waals surface area contributed by atoms with E-state index >= 15 is 0 Å². The molecule has 0 radical (unpaired) electrons. The Morgan fingerprint density at radius 2 is 1.86 bits per heavy atom. The van der Waals surface area contributed by atoms with Gasteiger partial charge in [-0.25, -0.2) is 13.2 Å². The molecule has 0 atom stereocenters. The number of carbonyl (C=O) groups is 1. The minimum absolute atomic E-state index is 0.0314. The van der Waals surface area contributed by atoms with E-state index in [2.05, 4.69) is 10.3 Å². The quantitative estimate of drug-likeness (QED) is 0.537. The van der Waals surface area contributed by atoms with Crippen molar-refractivity contribution in [1.82, 2.24) is 9.55 Å². The Morgan fingerprint density at radius 1 is 1.14 bits per heavy atom. The number of anilines is 1. The molecule has 0 aliphatic carbocycles. The summed E-state index contributed by atoms with van der Waals surface area (Å²) >= 11 is 0. The molecular weight excluding hydrogens is 398 g/mol. The van der Waals surface area contributed by atoms with E-state index in [-0.39, 0.29) is 45.1 Å². The third-order valence-corrected chi connectivity index (χ3v) is 6.25. The van der Waals surface area contributed by atoms with E-state index in [0.717, 1.165) is 4.57 Å². The largest absolute Gasteiger partial charge is 0.506 e. The predicted molar refractivity (Wildman–Crippen MR) is 108 cm³/mol. The molecule has 0 bridgehead atoms. The van der Waals surface area contributed by atoms with Crippen LogP contribution in [0.25, 0.3) is 10.9 Å². The fourth-order valence-electron chi connectivity index (χ4n) is 2.85. The van der Waals surface area contributed by atoms with Gasteiger partial charge in [-0.15, -0.1) is 0 Å². The number of H-pyrrole nitrogens is 1. The maximum absolute atomic E-state index is 12.6. The first kappa shape index (κ1) is 20.3. The topological polar surface area (TPSA) is 138 Å². The molecule has 0 aliphatic heterocycles. The molecule has 0 spiro atoms. The molecule has 3 aromatic rings. The van der Waals surface area contributed by atoms with Gasteiger partial charge < -0.3 is 15.4 Å². The van der Waals surface area contributed by atoms with Gasteiger partial charge in [0.25, 0.3) is 11.5 Å². The van der Waals surface area contributed by atoms with Crippen LogP contribution in [0.15, 0.2) is 50.9 Å². The maximum Gasteiger partial charge on any atom is 0.328 e. The number of aromatic hydroxyl groups is 1. The normalized spacial score (nSPS) is 11.5. The minimum Gasteiger partial charge on any atom is -0.506 e. The number of amides is 1. The number of benzene rings is 2. The first-order valence-electron chi connectivity index (χ1n) is 8.82. The summed E-state index contributed by atoms with van der Waals surface area (Å²) in [5.74, 6) is -1.07. The van der Waals surface area contributed by atoms with Crippen LogP contribution >= 0.6 is 0 Å². The van der Waals surface area contributed by atoms with Gasteiger partial charge in [0.2, 0.25) is 0 Å². The SMILES string of the molecule is CCn1c(=O)[nH]c2cc(C(=O)Nc3cc(S(=O)(=O)CC)ccc3O)ccc2c1=O. The summed E-state index contributed by atoms with van der Waals surface area (Å²) < 4.78 is 25.1. The zero-order valence-corrected chi connectivity index (χ0v) is 16.5. The van der Waals surface area contributed by atoms with Crippen LogP contribution in [-0.2, 0) is 16.4 Å². The minimum atomic E-state index is -3.52. The Balaban J connectivity index is 2.00. The van der Waals surface area contributed by atoms with Crippen molar-refractivity contribution in [2.75, 3.05) is 11.1 Å². The van der Waals surface area contributed by atoms with Crippen molar-refractivity contribution >= 4 is 32.3 Å². The smallest absolute Gasteiger partial charge is 0.328 e. The lowest BCUT2D eigenvalue weighted by Gasteiger charge is -2.10. The summed E-state index contributed by atoms with van der Waals surface area (Å²) in [6.07, 6.45) is 0. The monoisotopic (exact) mass is 417 g/mol. The number of aromatic amines is 1. The zero-order valence-electron chi connectivity index (χ0n) is 15.7. The molecule has 1 aromatic heterocycles. The third kappa shape index (κ3) is 3.79. The van der Waals surface area contributed by atoms with E-state index < -0.39 is 27.0 Å². The van der Waals surface area contributed by atoms with Crippen LogP contribution in [0.5, 0.6) is 5.75 Å². The summed E-state index contributed by atoms with van der Waals surface area (Å²) in [5.41, 5.74) is -0.806. The average Bonchev–Trinajstić information content (AvgIpc) is 2.69. The van der Waals surface area contributed by atoms with E-state index in [4.69, 9.17) is 0 Å². The van der Waals surface area contributed by atoms with Crippen molar-refractivity contribution in [2.45, 2.75) is 25.3 Å². The fraction of sp³-hybridized carbons (Fsp3) is 0.211. The van der Waals surface area contributed by atoms with E-state index in [1.807, 2.05) is 0 Å². The standard InChI is InChI=1S/C19H19N3O6S/c1-3-22-18(25)13-7-5-11(9-14(13)21-19(22)26)17(24)20-15-10-12(6-8-16(15)23)29(27,28)4-2/h5-10,23H,3-4H2,1-2H3,(H,20,24)(H,21,26). The second kappa shape index (κ2) is 7.55. The Hall–Kier alpha value is -3.40. The van der Waals surface area contributed by atoms with Gasteiger partial charge in [-0.3, -0.25) is 14.2 Å². The number of hydrogen-bond donors (Lipinski definition) is 3. The summed E-state index contributed by atoms with van der Waals surface area (Å²) in [7, 11) is -3.52. The molecule has 3 rings (SSSR count). The summed E-state index contributed by atoms with van der Waals surface area (Å²) in [5, 5.41) is 12.7. The van der Waals surface area contributed by atoms with Crippen LogP contribution in [0, 0.1) is 0 Å². The van der Waals surface area contributed by atoms with Gasteiger partial charge in [-0.05, 0) is 43.3 Å². The highest BCUT2D eigenvalue weighted by atomic mass is 32.2. The van der Waals surface area contributed by atoms with E-state index in [0.29, 0.717) is 0 Å². The molecule has 0 unspecified atom stereocenters. The fourth-order valence-corrected chi connectivity index (χ4v) is 3.76. The molecule has 1 heterocycles. The van der Waals surface area contributed by atoms with Crippen LogP contribution in [0.2, 0.25) is 0 Å². The highest BCUT2D eigenvalue weighted by Gasteiger charge is 2.17. The Labute approximate surface area is 165 Å². The predicted octanol–water partition coefficient (Wildman–Crippen LogP) is 1.46. The van der Waals surface area contributed by atoms with Gasteiger partial charge in [0, 0.05) is 12.1 Å². The van der Waals surface area contributed by atoms with E-state index in [9.17, 15) is 27.9 Å². The molecule has 29 heavy (non-hydrogen) atoms. The van der Waals surface area contributed by atoms with E-state index in [1.165, 1.54) is 43.3 Å². The van der Waals surface area contributed by atoms with Crippen LogP contribution in [0.3, 0.4) is 0 Å². The van der Waals surface area contributed by atoms with Gasteiger partial charge in [0.15, 0.2) is 9.84 Å².